The summed E-state index contributed by atoms with van der Waals surface area (Å²) in [6.07, 6.45) is 1.68. The summed E-state index contributed by atoms with van der Waals surface area (Å²) in [5.41, 5.74) is 0.700. The Morgan fingerprint density at radius 3 is 2.62 bits per heavy atom. The van der Waals surface area contributed by atoms with E-state index in [0.29, 0.717) is 11.3 Å². The molecular formula is C13H14N2O. The van der Waals surface area contributed by atoms with Crippen molar-refractivity contribution >= 4 is 16.8 Å². The van der Waals surface area contributed by atoms with Gasteiger partial charge in [-0.2, -0.15) is 0 Å². The van der Waals surface area contributed by atoms with Gasteiger partial charge in [-0.25, -0.2) is 9.97 Å². The zero-order valence-corrected chi connectivity index (χ0v) is 9.69. The summed E-state index contributed by atoms with van der Waals surface area (Å²) in [4.78, 5) is 20.4. The minimum Gasteiger partial charge on any atom is -0.292 e. The van der Waals surface area contributed by atoms with Gasteiger partial charge in [-0.1, -0.05) is 20.8 Å². The first-order valence-electron chi connectivity index (χ1n) is 5.25. The van der Waals surface area contributed by atoms with E-state index in [1.165, 1.54) is 0 Å². The summed E-state index contributed by atoms with van der Waals surface area (Å²) in [6.45, 7) is 5.67. The van der Waals surface area contributed by atoms with Crippen molar-refractivity contribution in [2.24, 2.45) is 5.41 Å². The van der Waals surface area contributed by atoms with Crippen LogP contribution in [0.25, 0.3) is 11.0 Å². The number of carbonyl (C=O) groups excluding carboxylic acids is 1. The minimum absolute atomic E-state index is 0.0417. The molecule has 2 aromatic heterocycles. The lowest BCUT2D eigenvalue weighted by atomic mass is 9.89. The molecule has 0 amide bonds. The zero-order chi connectivity index (χ0) is 11.8. The molecule has 0 saturated carbocycles. The predicted octanol–water partition coefficient (Wildman–Crippen LogP) is 2.86. The van der Waals surface area contributed by atoms with E-state index in [1.54, 1.807) is 12.3 Å². The van der Waals surface area contributed by atoms with Gasteiger partial charge in [-0.05, 0) is 24.3 Å². The Morgan fingerprint density at radius 2 is 1.94 bits per heavy atom. The van der Waals surface area contributed by atoms with Crippen LogP contribution in [0.15, 0.2) is 30.5 Å². The number of carbonyl (C=O) groups is 1. The van der Waals surface area contributed by atoms with E-state index in [9.17, 15) is 4.79 Å². The first kappa shape index (κ1) is 10.7. The van der Waals surface area contributed by atoms with Crippen molar-refractivity contribution < 1.29 is 4.79 Å². The minimum atomic E-state index is -0.407. The number of pyridine rings is 2. The topological polar surface area (TPSA) is 42.9 Å². The molecule has 0 unspecified atom stereocenters. The predicted molar refractivity (Wildman–Crippen MR) is 63.3 cm³/mol. The quantitative estimate of drug-likeness (QED) is 0.685. The van der Waals surface area contributed by atoms with E-state index in [2.05, 4.69) is 9.97 Å². The molecule has 2 rings (SSSR count). The van der Waals surface area contributed by atoms with E-state index >= 15 is 0 Å². The molecule has 0 aromatic carbocycles. The van der Waals surface area contributed by atoms with Gasteiger partial charge in [-0.15, -0.1) is 0 Å². The Morgan fingerprint density at radius 1 is 1.19 bits per heavy atom. The molecule has 82 valence electrons. The third-order valence-corrected chi connectivity index (χ3v) is 2.38. The highest BCUT2D eigenvalue weighted by atomic mass is 16.1. The van der Waals surface area contributed by atoms with Gasteiger partial charge in [0.15, 0.2) is 11.4 Å². The molecule has 0 fully saturated rings. The van der Waals surface area contributed by atoms with E-state index < -0.39 is 5.41 Å². The number of hydrogen-bond acceptors (Lipinski definition) is 3. The maximum atomic E-state index is 12.0. The number of nitrogens with zero attached hydrogens (tertiary/aromatic N) is 2. The largest absolute Gasteiger partial charge is 0.292 e. The molecule has 0 spiro atoms. The van der Waals surface area contributed by atoms with Crippen molar-refractivity contribution in [3.63, 3.8) is 0 Å². The first-order valence-corrected chi connectivity index (χ1v) is 5.25. The highest BCUT2D eigenvalue weighted by Crippen LogP contribution is 2.20. The fourth-order valence-electron chi connectivity index (χ4n) is 1.46. The van der Waals surface area contributed by atoms with Crippen molar-refractivity contribution in [3.8, 4) is 0 Å². The summed E-state index contributed by atoms with van der Waals surface area (Å²) in [5.74, 6) is 0.0417. The molecule has 0 bridgehead atoms. The summed E-state index contributed by atoms with van der Waals surface area (Å²) < 4.78 is 0. The molecule has 0 saturated heterocycles. The second kappa shape index (κ2) is 3.67. The van der Waals surface area contributed by atoms with Crippen molar-refractivity contribution in [3.05, 3.63) is 36.2 Å². The zero-order valence-electron chi connectivity index (χ0n) is 9.69. The monoisotopic (exact) mass is 214 g/mol. The van der Waals surface area contributed by atoms with Crippen LogP contribution in [0, 0.1) is 5.41 Å². The van der Waals surface area contributed by atoms with Crippen LogP contribution < -0.4 is 0 Å². The van der Waals surface area contributed by atoms with E-state index in [0.717, 1.165) is 5.39 Å². The molecule has 0 aliphatic carbocycles. The Labute approximate surface area is 94.5 Å². The average Bonchev–Trinajstić information content (AvgIpc) is 2.26. The lowest BCUT2D eigenvalue weighted by molar-refractivity contribution is 0.0853. The molecule has 2 aromatic rings. The normalized spacial score (nSPS) is 11.7. The highest BCUT2D eigenvalue weighted by molar-refractivity contribution is 5.99. The third kappa shape index (κ3) is 1.94. The van der Waals surface area contributed by atoms with Crippen LogP contribution >= 0.6 is 0 Å². The second-order valence-corrected chi connectivity index (χ2v) is 4.83. The van der Waals surface area contributed by atoms with Crippen LogP contribution in [0.1, 0.15) is 31.3 Å². The van der Waals surface area contributed by atoms with E-state index in [4.69, 9.17) is 0 Å². The number of Topliss-reactive ketones (excluding diaryl/α,β-unsaturated/α-hetero) is 1. The van der Waals surface area contributed by atoms with Gasteiger partial charge in [0.05, 0.1) is 0 Å². The Hall–Kier alpha value is -1.77. The van der Waals surface area contributed by atoms with Crippen LogP contribution in [0.3, 0.4) is 0 Å². The molecule has 16 heavy (non-hydrogen) atoms. The molecule has 3 nitrogen and oxygen atoms in total. The molecular weight excluding hydrogens is 200 g/mol. The van der Waals surface area contributed by atoms with Gasteiger partial charge < -0.3 is 0 Å². The van der Waals surface area contributed by atoms with Crippen LogP contribution in [-0.2, 0) is 0 Å². The summed E-state index contributed by atoms with van der Waals surface area (Å²) in [6, 6.07) is 7.43. The molecule has 0 aliphatic heterocycles. The summed E-state index contributed by atoms with van der Waals surface area (Å²) in [5, 5.41) is 0.952. The Kier molecular flexibility index (Phi) is 2.46. The second-order valence-electron chi connectivity index (χ2n) is 4.83. The number of aromatic nitrogens is 2. The van der Waals surface area contributed by atoms with Crippen LogP contribution in [-0.4, -0.2) is 15.8 Å². The van der Waals surface area contributed by atoms with Crippen LogP contribution in [0.4, 0.5) is 0 Å². The molecule has 0 atom stereocenters. The standard InChI is InChI=1S/C13H14N2O/c1-13(2,3)11(16)10-7-6-9-5-4-8-14-12(9)15-10/h4-8H,1-3H3. The van der Waals surface area contributed by atoms with E-state index in [1.807, 2.05) is 39.0 Å². The number of rotatable bonds is 1. The van der Waals surface area contributed by atoms with Gasteiger partial charge in [0.2, 0.25) is 0 Å². The SMILES string of the molecule is CC(C)(C)C(=O)c1ccc2cccnc2n1. The first-order chi connectivity index (χ1) is 7.48. The van der Waals surface area contributed by atoms with Gasteiger partial charge >= 0.3 is 0 Å². The van der Waals surface area contributed by atoms with Crippen LogP contribution in [0.2, 0.25) is 0 Å². The number of hydrogen-bond donors (Lipinski definition) is 0. The van der Waals surface area contributed by atoms with Crippen molar-refractivity contribution in [1.82, 2.24) is 9.97 Å². The Bertz CT molecular complexity index is 541. The fraction of sp³-hybridized carbons (Fsp3) is 0.308. The van der Waals surface area contributed by atoms with Gasteiger partial charge in [0.25, 0.3) is 0 Å². The van der Waals surface area contributed by atoms with Crippen molar-refractivity contribution in [2.45, 2.75) is 20.8 Å². The van der Waals surface area contributed by atoms with Gasteiger partial charge in [-0.3, -0.25) is 4.79 Å². The smallest absolute Gasteiger partial charge is 0.186 e. The van der Waals surface area contributed by atoms with Gasteiger partial charge in [0, 0.05) is 17.0 Å². The molecule has 0 aliphatic rings. The maximum absolute atomic E-state index is 12.0. The Balaban J connectivity index is 2.52. The average molecular weight is 214 g/mol. The van der Waals surface area contributed by atoms with E-state index in [-0.39, 0.29) is 5.78 Å². The maximum Gasteiger partial charge on any atom is 0.186 e. The molecule has 0 N–H and O–H groups in total. The molecule has 3 heteroatoms. The summed E-state index contributed by atoms with van der Waals surface area (Å²) >= 11 is 0. The number of fused-ring (bicyclic) bond motifs is 1. The lowest BCUT2D eigenvalue weighted by Crippen LogP contribution is -2.21. The van der Waals surface area contributed by atoms with Crippen molar-refractivity contribution in [2.75, 3.05) is 0 Å². The summed E-state index contributed by atoms with van der Waals surface area (Å²) in [7, 11) is 0. The third-order valence-electron chi connectivity index (χ3n) is 2.38. The van der Waals surface area contributed by atoms with Crippen LogP contribution in [0.5, 0.6) is 0 Å². The highest BCUT2D eigenvalue weighted by Gasteiger charge is 2.24. The van der Waals surface area contributed by atoms with Gasteiger partial charge in [0.1, 0.15) is 5.69 Å². The fourth-order valence-corrected chi connectivity index (χ4v) is 1.46. The molecule has 0 radical (unpaired) electrons. The lowest BCUT2D eigenvalue weighted by Gasteiger charge is -2.15. The number of ketones is 1. The molecule has 2 heterocycles. The van der Waals surface area contributed by atoms with Crippen molar-refractivity contribution in [1.29, 1.82) is 0 Å².